The number of halogens is 16. The molecule has 0 fully saturated rings. The molecule has 0 bridgehead atoms. The van der Waals surface area contributed by atoms with Crippen LogP contribution in [0.2, 0.25) is 0 Å². The zero-order valence-electron chi connectivity index (χ0n) is 12.6. The Kier molecular flexibility index (Phi) is 6.89. The van der Waals surface area contributed by atoms with E-state index < -0.39 is 64.4 Å². The first-order valence-corrected chi connectivity index (χ1v) is 7.53. The summed E-state index contributed by atoms with van der Waals surface area (Å²) >= 11 is 0. The van der Waals surface area contributed by atoms with Gasteiger partial charge in [-0.2, -0.15) is 78.7 Å². The third-order valence-electron chi connectivity index (χ3n) is 2.94. The molecule has 0 atom stereocenters. The van der Waals surface area contributed by atoms with E-state index >= 15 is 0 Å². The van der Waals surface area contributed by atoms with Crippen LogP contribution in [0.15, 0.2) is 0 Å². The lowest BCUT2D eigenvalue weighted by molar-refractivity contribution is -0.440. The third-order valence-corrected chi connectivity index (χ3v) is 3.98. The summed E-state index contributed by atoms with van der Waals surface area (Å²) < 4.78 is 224. The molecule has 0 aromatic heterocycles. The van der Waals surface area contributed by atoms with Gasteiger partial charge in [0, 0.05) is 6.42 Å². The van der Waals surface area contributed by atoms with Crippen LogP contribution >= 0.6 is 0 Å². The van der Waals surface area contributed by atoms with Gasteiger partial charge in [0.15, 0.2) is 0 Å². The molecule has 0 aliphatic rings. The number of hydrogen-bond acceptors (Lipinski definition) is 3. The first kappa shape index (κ1) is 27.8. The maximum absolute atomic E-state index is 13.1. The highest BCUT2D eigenvalue weighted by molar-refractivity contribution is 7.87. The van der Waals surface area contributed by atoms with E-state index in [-0.39, 0.29) is 0 Å². The van der Waals surface area contributed by atoms with Gasteiger partial charge in [-0.25, -0.2) is 0 Å². The molecule has 0 N–H and O–H groups in total. The van der Waals surface area contributed by atoms with Crippen LogP contribution in [0.3, 0.4) is 0 Å². The highest BCUT2D eigenvalue weighted by Gasteiger charge is 2.90. The maximum Gasteiger partial charge on any atom is 0.523 e. The summed E-state index contributed by atoms with van der Waals surface area (Å²) in [5.74, 6) is -38.8. The van der Waals surface area contributed by atoms with Crippen molar-refractivity contribution in [2.24, 2.45) is 0 Å². The zero-order valence-corrected chi connectivity index (χ0v) is 13.4. The molecule has 0 spiro atoms. The molecule has 0 aromatic carbocycles. The van der Waals surface area contributed by atoms with Gasteiger partial charge in [0.05, 0.1) is 6.61 Å². The van der Waals surface area contributed by atoms with Gasteiger partial charge in [-0.05, 0) is 0 Å². The van der Waals surface area contributed by atoms with Crippen LogP contribution in [-0.2, 0) is 14.3 Å². The SMILES string of the molecule is O=S(=O)(OCCC(F)(F)C(F)(F)C(F)(F)C(F)(F)C(F)(F)C(F)(F)F)C(F)(F)F. The Morgan fingerprint density at radius 3 is 1.21 bits per heavy atom. The summed E-state index contributed by atoms with van der Waals surface area (Å²) in [6.07, 6.45) is -10.9. The van der Waals surface area contributed by atoms with Gasteiger partial charge in [-0.3, -0.25) is 4.18 Å². The van der Waals surface area contributed by atoms with Crippen LogP contribution in [0.5, 0.6) is 0 Å². The van der Waals surface area contributed by atoms with E-state index in [1.165, 1.54) is 0 Å². The monoisotopic (exact) mass is 496 g/mol. The van der Waals surface area contributed by atoms with Crippen LogP contribution in [0.1, 0.15) is 6.42 Å². The summed E-state index contributed by atoms with van der Waals surface area (Å²) in [6, 6.07) is 0. The molecular weight excluding hydrogens is 492 g/mol. The van der Waals surface area contributed by atoms with Crippen molar-refractivity contribution in [3.63, 3.8) is 0 Å². The summed E-state index contributed by atoms with van der Waals surface area (Å²) in [5, 5.41) is 0. The Bertz CT molecular complexity index is 687. The molecule has 3 nitrogen and oxygen atoms in total. The molecule has 0 amide bonds. The molecule has 0 rings (SSSR count). The summed E-state index contributed by atoms with van der Waals surface area (Å²) in [6.45, 7) is -2.72. The highest BCUT2D eigenvalue weighted by Crippen LogP contribution is 2.60. The first-order valence-electron chi connectivity index (χ1n) is 6.12. The van der Waals surface area contributed by atoms with Crippen molar-refractivity contribution in [3.05, 3.63) is 0 Å². The molecule has 0 radical (unpaired) electrons. The maximum atomic E-state index is 13.1. The van der Waals surface area contributed by atoms with Gasteiger partial charge in [0.1, 0.15) is 0 Å². The largest absolute Gasteiger partial charge is 0.523 e. The Morgan fingerprint density at radius 1 is 0.552 bits per heavy atom. The van der Waals surface area contributed by atoms with Gasteiger partial charge in [-0.15, -0.1) is 0 Å². The average molecular weight is 496 g/mol. The Morgan fingerprint density at radius 2 is 0.897 bits per heavy atom. The van der Waals surface area contributed by atoms with Gasteiger partial charge in [0.25, 0.3) is 0 Å². The summed E-state index contributed by atoms with van der Waals surface area (Å²) in [5.41, 5.74) is -6.32. The van der Waals surface area contributed by atoms with Crippen LogP contribution in [0.25, 0.3) is 0 Å². The topological polar surface area (TPSA) is 43.4 Å². The molecule has 0 saturated heterocycles. The van der Waals surface area contributed by atoms with E-state index in [0.29, 0.717) is 0 Å². The minimum absolute atomic E-state index is 2.72. The first-order chi connectivity index (χ1) is 12.2. The molecule has 0 aromatic rings. The second-order valence-electron chi connectivity index (χ2n) is 4.97. The predicted molar refractivity (Wildman–Crippen MR) is 56.3 cm³/mol. The van der Waals surface area contributed by atoms with Gasteiger partial charge in [-0.1, -0.05) is 0 Å². The lowest BCUT2D eigenvalue weighted by Gasteiger charge is -2.39. The molecule has 0 aliphatic carbocycles. The molecule has 29 heavy (non-hydrogen) atoms. The van der Waals surface area contributed by atoms with Crippen molar-refractivity contribution >= 4 is 10.1 Å². The molecular formula is C9H4F16O3S. The van der Waals surface area contributed by atoms with Crippen molar-refractivity contribution in [1.82, 2.24) is 0 Å². The normalized spacial score (nSPS) is 16.3. The Hall–Kier alpha value is -1.21. The average Bonchev–Trinajstić information content (AvgIpc) is 2.43. The van der Waals surface area contributed by atoms with Crippen molar-refractivity contribution < 1.29 is 82.8 Å². The molecule has 176 valence electrons. The lowest BCUT2D eigenvalue weighted by Crippen LogP contribution is -2.70. The predicted octanol–water partition coefficient (Wildman–Crippen LogP) is 4.98. The van der Waals surface area contributed by atoms with E-state index in [9.17, 15) is 78.7 Å². The molecule has 20 heteroatoms. The van der Waals surface area contributed by atoms with Crippen molar-refractivity contribution in [3.8, 4) is 0 Å². The second-order valence-corrected chi connectivity index (χ2v) is 6.58. The smallest absolute Gasteiger partial charge is 0.263 e. The highest BCUT2D eigenvalue weighted by atomic mass is 32.2. The number of hydrogen-bond donors (Lipinski definition) is 0. The van der Waals surface area contributed by atoms with E-state index in [2.05, 4.69) is 4.18 Å². The van der Waals surface area contributed by atoms with E-state index in [4.69, 9.17) is 0 Å². The Labute approximate surface area is 148 Å². The Balaban J connectivity index is 5.89. The minimum atomic E-state index is -8.18. The quantitative estimate of drug-likeness (QED) is 0.271. The van der Waals surface area contributed by atoms with Crippen molar-refractivity contribution in [2.45, 2.75) is 47.7 Å². The lowest BCUT2D eigenvalue weighted by atomic mass is 9.93. The second kappa shape index (κ2) is 7.19. The minimum Gasteiger partial charge on any atom is -0.263 e. The molecule has 0 saturated carbocycles. The van der Waals surface area contributed by atoms with Crippen molar-refractivity contribution in [1.29, 1.82) is 0 Å². The van der Waals surface area contributed by atoms with Crippen LogP contribution in [0, 0.1) is 0 Å². The van der Waals surface area contributed by atoms with Gasteiger partial charge < -0.3 is 0 Å². The standard InChI is InChI=1S/C9H4F16O3S/c10-3(11,1-2-28-29(26,27)9(23,24)25)4(12,13)5(14,15)6(16,17)7(18,19)8(20,21)22/h1-2H2. The van der Waals surface area contributed by atoms with E-state index in [1.54, 1.807) is 0 Å². The fourth-order valence-corrected chi connectivity index (χ4v) is 1.74. The number of rotatable bonds is 8. The third kappa shape index (κ3) is 4.46. The van der Waals surface area contributed by atoms with Gasteiger partial charge >= 0.3 is 51.4 Å². The number of alkyl halides is 16. The van der Waals surface area contributed by atoms with Crippen LogP contribution < -0.4 is 0 Å². The summed E-state index contributed by atoms with van der Waals surface area (Å²) in [7, 11) is -6.75. The molecule has 0 heterocycles. The van der Waals surface area contributed by atoms with Crippen LogP contribution in [0.4, 0.5) is 70.2 Å². The molecule has 0 unspecified atom stereocenters. The van der Waals surface area contributed by atoms with Crippen molar-refractivity contribution in [2.75, 3.05) is 6.61 Å². The van der Waals surface area contributed by atoms with Crippen LogP contribution in [-0.4, -0.2) is 56.3 Å². The van der Waals surface area contributed by atoms with E-state index in [1.807, 2.05) is 0 Å². The van der Waals surface area contributed by atoms with Gasteiger partial charge in [0.2, 0.25) is 0 Å². The zero-order chi connectivity index (χ0) is 24.1. The van der Waals surface area contributed by atoms with E-state index in [0.717, 1.165) is 0 Å². The fraction of sp³-hybridized carbons (Fsp3) is 1.00. The molecule has 0 aliphatic heterocycles. The fourth-order valence-electron chi connectivity index (χ4n) is 1.31. The summed E-state index contributed by atoms with van der Waals surface area (Å²) in [4.78, 5) is 0.